The van der Waals surface area contributed by atoms with Crippen molar-refractivity contribution in [2.24, 2.45) is 0 Å². The number of phenolic OH excluding ortho intramolecular Hbond substituents is 3. The van der Waals surface area contributed by atoms with Crippen molar-refractivity contribution in [3.63, 3.8) is 0 Å². The Balaban J connectivity index is 1.15. The Morgan fingerprint density at radius 1 is 0.909 bits per heavy atom. The Kier molecular flexibility index (Phi) is 10.8. The van der Waals surface area contributed by atoms with Gasteiger partial charge in [-0.3, -0.25) is 4.79 Å². The average Bonchev–Trinajstić information content (AvgIpc) is 3.54. The van der Waals surface area contributed by atoms with E-state index in [2.05, 4.69) is 16.0 Å². The minimum Gasteiger partial charge on any atom is -0.534 e. The molecule has 6 rings (SSSR count). The lowest BCUT2D eigenvalue weighted by atomic mass is 9.72. The molecule has 3 aliphatic rings. The first kappa shape index (κ1) is 38.6. The zero-order chi connectivity index (χ0) is 39.9. The topological polar surface area (TPSA) is 242 Å². The lowest BCUT2D eigenvalue weighted by molar-refractivity contribution is -0.123. The van der Waals surface area contributed by atoms with Gasteiger partial charge in [-0.15, -0.1) is 0 Å². The fraction of sp³-hybridized carbons (Fsp3) is 0.303. The number of urea groups is 3. The molecular formula is C33H31BClF3N6O11. The highest BCUT2D eigenvalue weighted by Crippen LogP contribution is 2.41. The number of carbonyl (C=O) groups is 5. The molecule has 22 heteroatoms. The summed E-state index contributed by atoms with van der Waals surface area (Å²) >= 11 is 6.18. The molecule has 3 heterocycles. The van der Waals surface area contributed by atoms with E-state index in [9.17, 15) is 62.6 Å². The van der Waals surface area contributed by atoms with Gasteiger partial charge in [-0.1, -0.05) is 17.7 Å². The van der Waals surface area contributed by atoms with Gasteiger partial charge in [0.15, 0.2) is 17.3 Å². The van der Waals surface area contributed by atoms with Crippen molar-refractivity contribution >= 4 is 54.4 Å². The molecular weight excluding hydrogens is 760 g/mol. The Bertz CT molecular complexity index is 2090. The van der Waals surface area contributed by atoms with E-state index < -0.39 is 106 Å². The van der Waals surface area contributed by atoms with Gasteiger partial charge in [-0.05, 0) is 49.1 Å². The second-order valence-electron chi connectivity index (χ2n) is 12.8. The van der Waals surface area contributed by atoms with Crippen LogP contribution >= 0.6 is 11.6 Å². The molecule has 0 aromatic heterocycles. The Hall–Kier alpha value is -6.09. The van der Waals surface area contributed by atoms with Crippen molar-refractivity contribution in [3.05, 3.63) is 75.6 Å². The number of anilines is 1. The summed E-state index contributed by atoms with van der Waals surface area (Å²) in [5.41, 5.74) is -1.56. The summed E-state index contributed by atoms with van der Waals surface area (Å²) in [6, 6.07) is 0.766. The number of amides is 7. The number of imide groups is 1. The van der Waals surface area contributed by atoms with Crippen LogP contribution in [0.2, 0.25) is 5.02 Å². The maximum atomic E-state index is 14.7. The first-order valence-corrected chi connectivity index (χ1v) is 17.0. The van der Waals surface area contributed by atoms with E-state index in [4.69, 9.17) is 16.3 Å². The molecule has 0 saturated carbocycles. The number of likely N-dealkylation sites (tertiary alicyclic amines) is 1. The first-order chi connectivity index (χ1) is 26.0. The van der Waals surface area contributed by atoms with Gasteiger partial charge < -0.3 is 55.9 Å². The molecule has 0 spiro atoms. The van der Waals surface area contributed by atoms with E-state index in [1.807, 2.05) is 0 Å². The highest BCUT2D eigenvalue weighted by molar-refractivity contribution is 6.47. The maximum absolute atomic E-state index is 14.7. The third-order valence-corrected chi connectivity index (χ3v) is 9.86. The number of aromatic carboxylic acids is 1. The van der Waals surface area contributed by atoms with Crippen molar-refractivity contribution in [1.82, 2.24) is 25.3 Å². The zero-order valence-corrected chi connectivity index (χ0v) is 29.0. The average molecular weight is 791 g/mol. The SMILES string of the molecule is O=C(O)c1c(F)ccc2c1OB(O)[C@@H](NC(=O)[C@H](NC(=O)N1CCN(C3CCN(C(=O)Nc4cc(O)ccc4F)CC3)C1=O)c1cc(F)c(O)c(O)c1Cl)C2. The molecule has 0 bridgehead atoms. The van der Waals surface area contributed by atoms with Crippen LogP contribution in [-0.4, -0.2) is 115 Å². The number of nitrogens with zero attached hydrogens (tertiary/aromatic N) is 3. The van der Waals surface area contributed by atoms with Gasteiger partial charge >= 0.3 is 31.2 Å². The number of hydrogen-bond donors (Lipinski definition) is 8. The van der Waals surface area contributed by atoms with E-state index in [1.165, 1.54) is 15.9 Å². The number of piperidine rings is 1. The number of carbonyl (C=O) groups excluding carboxylic acids is 4. The zero-order valence-electron chi connectivity index (χ0n) is 28.3. The summed E-state index contributed by atoms with van der Waals surface area (Å²) in [6.07, 6.45) is 0.248. The van der Waals surface area contributed by atoms with Gasteiger partial charge in [-0.25, -0.2) is 37.2 Å². The molecule has 55 heavy (non-hydrogen) atoms. The van der Waals surface area contributed by atoms with E-state index in [1.54, 1.807) is 0 Å². The predicted octanol–water partition coefficient (Wildman–Crippen LogP) is 2.90. The molecule has 2 fully saturated rings. The van der Waals surface area contributed by atoms with E-state index in [0.29, 0.717) is 6.07 Å². The van der Waals surface area contributed by atoms with Crippen LogP contribution in [-0.2, 0) is 11.2 Å². The summed E-state index contributed by atoms with van der Waals surface area (Å²) in [7, 11) is -1.95. The van der Waals surface area contributed by atoms with E-state index in [-0.39, 0.29) is 62.4 Å². The summed E-state index contributed by atoms with van der Waals surface area (Å²) in [4.78, 5) is 68.8. The smallest absolute Gasteiger partial charge is 0.534 e. The van der Waals surface area contributed by atoms with Crippen molar-refractivity contribution in [2.45, 2.75) is 37.3 Å². The number of fused-ring (bicyclic) bond motifs is 1. The Morgan fingerprint density at radius 3 is 2.29 bits per heavy atom. The number of carboxylic acids is 1. The van der Waals surface area contributed by atoms with Gasteiger partial charge in [0.2, 0.25) is 5.91 Å². The number of hydrogen-bond acceptors (Lipinski definition) is 10. The third kappa shape index (κ3) is 7.65. The number of carboxylic acid groups (broad SMARTS) is 1. The molecule has 3 aromatic rings. The molecule has 3 aromatic carbocycles. The minimum atomic E-state index is -1.99. The normalized spacial score (nSPS) is 17.7. The molecule has 290 valence electrons. The first-order valence-electron chi connectivity index (χ1n) is 16.6. The summed E-state index contributed by atoms with van der Waals surface area (Å²) in [6.45, 7) is 0.177. The molecule has 8 N–H and O–H groups in total. The van der Waals surface area contributed by atoms with E-state index >= 15 is 0 Å². The van der Waals surface area contributed by atoms with Crippen molar-refractivity contribution in [3.8, 4) is 23.0 Å². The molecule has 3 aliphatic heterocycles. The van der Waals surface area contributed by atoms with Crippen LogP contribution in [0.25, 0.3) is 0 Å². The number of halogens is 4. The predicted molar refractivity (Wildman–Crippen MR) is 184 cm³/mol. The van der Waals surface area contributed by atoms with Crippen molar-refractivity contribution in [2.75, 3.05) is 31.5 Å². The summed E-state index contributed by atoms with van der Waals surface area (Å²) in [5, 5.41) is 56.1. The van der Waals surface area contributed by atoms with Gasteiger partial charge in [0.1, 0.15) is 34.7 Å². The van der Waals surface area contributed by atoms with Crippen LogP contribution in [0.1, 0.15) is 40.4 Å². The van der Waals surface area contributed by atoms with E-state index in [0.717, 1.165) is 29.2 Å². The lowest BCUT2D eigenvalue weighted by Crippen LogP contribution is -2.56. The fourth-order valence-corrected chi connectivity index (χ4v) is 6.86. The monoisotopic (exact) mass is 790 g/mol. The highest BCUT2D eigenvalue weighted by atomic mass is 35.5. The summed E-state index contributed by atoms with van der Waals surface area (Å²) in [5.74, 6) is -10.7. The number of benzene rings is 3. The van der Waals surface area contributed by atoms with Crippen LogP contribution in [0.4, 0.5) is 33.2 Å². The largest absolute Gasteiger partial charge is 0.547 e. The lowest BCUT2D eigenvalue weighted by Gasteiger charge is -2.36. The summed E-state index contributed by atoms with van der Waals surface area (Å²) < 4.78 is 48.2. The molecule has 17 nitrogen and oxygen atoms in total. The fourth-order valence-electron chi connectivity index (χ4n) is 6.61. The number of phenols is 3. The number of rotatable bonds is 7. The van der Waals surface area contributed by atoms with Crippen LogP contribution in [0.15, 0.2) is 36.4 Å². The second-order valence-corrected chi connectivity index (χ2v) is 13.2. The van der Waals surface area contributed by atoms with Crippen molar-refractivity contribution < 1.29 is 67.2 Å². The van der Waals surface area contributed by atoms with Crippen LogP contribution in [0.5, 0.6) is 23.0 Å². The van der Waals surface area contributed by atoms with Gasteiger partial charge in [0, 0.05) is 43.9 Å². The minimum absolute atomic E-state index is 0.0494. The molecule has 7 amide bonds. The van der Waals surface area contributed by atoms with Gasteiger partial charge in [0.05, 0.1) is 16.7 Å². The Morgan fingerprint density at radius 2 is 1.60 bits per heavy atom. The highest BCUT2D eigenvalue weighted by Gasteiger charge is 2.43. The number of aromatic hydroxyl groups is 3. The van der Waals surface area contributed by atoms with Gasteiger partial charge in [-0.2, -0.15) is 0 Å². The second kappa shape index (κ2) is 15.3. The standard InChI is InChI=1S/C33H31BClF3N6O11/c35-24-17(13-20(38)26(46)27(24)47)25(29(48)40-22-11-14-1-3-19(37)23(30(49)50)28(14)55-34(22)54)41-32(52)44-10-9-43(33(44)53)15-5-7-42(8-6-15)31(51)39-21-12-16(45)2-4-18(21)36/h1-4,12-13,15,22,25,45-47,54H,5-11H2,(H,39,51)(H,40,48)(H,41,52)(H,49,50)/t22-,25+/m0/s1. The maximum Gasteiger partial charge on any atom is 0.547 e. The van der Waals surface area contributed by atoms with Crippen LogP contribution in [0.3, 0.4) is 0 Å². The molecule has 2 atom stereocenters. The quantitative estimate of drug-likeness (QED) is 0.128. The molecule has 0 radical (unpaired) electrons. The molecule has 2 saturated heterocycles. The molecule has 0 unspecified atom stereocenters. The van der Waals surface area contributed by atoms with Crippen molar-refractivity contribution in [1.29, 1.82) is 0 Å². The Labute approximate surface area is 314 Å². The van der Waals surface area contributed by atoms with Crippen LogP contribution < -0.4 is 20.6 Å². The third-order valence-electron chi connectivity index (χ3n) is 9.46. The molecule has 0 aliphatic carbocycles. The number of nitrogens with one attached hydrogen (secondary N) is 3. The van der Waals surface area contributed by atoms with Crippen LogP contribution in [0, 0.1) is 17.5 Å². The van der Waals surface area contributed by atoms with Gasteiger partial charge in [0.25, 0.3) is 0 Å².